The summed E-state index contributed by atoms with van der Waals surface area (Å²) in [4.78, 5) is 23.2. The van der Waals surface area contributed by atoms with Gasteiger partial charge < -0.3 is 14.5 Å². The van der Waals surface area contributed by atoms with Crippen LogP contribution in [0.5, 0.6) is 11.5 Å². The molecule has 1 N–H and O–H groups in total. The van der Waals surface area contributed by atoms with Gasteiger partial charge in [-0.05, 0) is 81.9 Å². The molecule has 8 heteroatoms. The topological polar surface area (TPSA) is 64.2 Å². The molecule has 0 radical (unpaired) electrons. The Hall–Kier alpha value is -2.35. The average Bonchev–Trinajstić information content (AvgIpc) is 3.21. The van der Waals surface area contributed by atoms with Gasteiger partial charge in [0.2, 0.25) is 0 Å². The van der Waals surface area contributed by atoms with E-state index in [1.165, 1.54) is 10.4 Å². The van der Waals surface area contributed by atoms with Gasteiger partial charge in [0.25, 0.3) is 5.56 Å². The Labute approximate surface area is 228 Å². The summed E-state index contributed by atoms with van der Waals surface area (Å²) in [5.41, 5.74) is 3.08. The van der Waals surface area contributed by atoms with E-state index in [9.17, 15) is 4.79 Å². The van der Waals surface area contributed by atoms with Crippen LogP contribution in [0.3, 0.4) is 0 Å². The second-order valence-corrected chi connectivity index (χ2v) is 12.7. The predicted molar refractivity (Wildman–Crippen MR) is 151 cm³/mol. The Morgan fingerprint density at radius 3 is 2.67 bits per heavy atom. The number of rotatable bonds is 5. The Kier molecular flexibility index (Phi) is 6.92. The van der Waals surface area contributed by atoms with Crippen LogP contribution in [-0.2, 0) is 19.4 Å². The van der Waals surface area contributed by atoms with Crippen LogP contribution in [0.15, 0.2) is 45.7 Å². The first-order chi connectivity index (χ1) is 17.1. The monoisotopic (exact) mass is 586 g/mol. The maximum absolute atomic E-state index is 13.2. The van der Waals surface area contributed by atoms with E-state index < -0.39 is 0 Å². The molecule has 0 unspecified atom stereocenters. The maximum atomic E-state index is 13.2. The molecule has 0 spiro atoms. The van der Waals surface area contributed by atoms with Crippen LogP contribution in [0.1, 0.15) is 43.2 Å². The van der Waals surface area contributed by atoms with E-state index in [-0.39, 0.29) is 11.0 Å². The molecule has 0 saturated heterocycles. The van der Waals surface area contributed by atoms with Crippen LogP contribution >= 0.6 is 38.9 Å². The number of aromatic nitrogens is 2. The fourth-order valence-electron chi connectivity index (χ4n) is 4.79. The number of halogens is 2. The zero-order valence-electron chi connectivity index (χ0n) is 20.7. The molecular formula is C28H28BrClN2O3S. The third-order valence-corrected chi connectivity index (χ3v) is 8.93. The van der Waals surface area contributed by atoms with Crippen molar-refractivity contribution in [2.75, 3.05) is 7.11 Å². The minimum Gasteiger partial charge on any atom is -0.493 e. The minimum absolute atomic E-state index is 0.0835. The SMILES string of the molecule is COc1cc(-c2nc3sc4c(c3c(=O)[nH]2)CC[C@H](C(C)(C)C)C4)cc(Br)c1OCc1ccc(Cl)cc1. The second-order valence-electron chi connectivity index (χ2n) is 10.3. The molecule has 1 aliphatic rings. The number of nitrogens with zero attached hydrogens (tertiary/aromatic N) is 1. The number of benzene rings is 2. The van der Waals surface area contributed by atoms with Crippen LogP contribution in [0.4, 0.5) is 0 Å². The van der Waals surface area contributed by atoms with Crippen molar-refractivity contribution < 1.29 is 9.47 Å². The molecule has 5 nitrogen and oxygen atoms in total. The lowest BCUT2D eigenvalue weighted by Crippen LogP contribution is -2.26. The molecule has 36 heavy (non-hydrogen) atoms. The molecule has 5 rings (SSSR count). The molecule has 2 aromatic heterocycles. The highest BCUT2D eigenvalue weighted by Crippen LogP contribution is 2.43. The van der Waals surface area contributed by atoms with Crippen LogP contribution < -0.4 is 15.0 Å². The van der Waals surface area contributed by atoms with E-state index in [0.717, 1.165) is 40.6 Å². The molecule has 0 amide bonds. The van der Waals surface area contributed by atoms with Gasteiger partial charge in [0.1, 0.15) is 17.3 Å². The summed E-state index contributed by atoms with van der Waals surface area (Å²) in [6.45, 7) is 7.26. The van der Waals surface area contributed by atoms with Gasteiger partial charge in [0.05, 0.1) is 17.0 Å². The normalized spacial score (nSPS) is 15.7. The highest BCUT2D eigenvalue weighted by atomic mass is 79.9. The number of aryl methyl sites for hydroxylation is 1. The zero-order valence-corrected chi connectivity index (χ0v) is 23.9. The van der Waals surface area contributed by atoms with E-state index in [0.29, 0.717) is 39.3 Å². The van der Waals surface area contributed by atoms with E-state index in [1.807, 2.05) is 36.4 Å². The molecule has 188 valence electrons. The first-order valence-electron chi connectivity index (χ1n) is 11.9. The van der Waals surface area contributed by atoms with E-state index >= 15 is 0 Å². The van der Waals surface area contributed by atoms with Crippen LogP contribution in [-0.4, -0.2) is 17.1 Å². The molecule has 0 aliphatic heterocycles. The van der Waals surface area contributed by atoms with Gasteiger partial charge in [-0.15, -0.1) is 11.3 Å². The number of hydrogen-bond donors (Lipinski definition) is 1. The van der Waals surface area contributed by atoms with Gasteiger partial charge in [-0.1, -0.05) is 44.5 Å². The number of H-pyrrole nitrogens is 1. The molecule has 0 fully saturated rings. The molecule has 4 aromatic rings. The van der Waals surface area contributed by atoms with Crippen molar-refractivity contribution in [3.8, 4) is 22.9 Å². The van der Waals surface area contributed by atoms with Gasteiger partial charge in [-0.2, -0.15) is 0 Å². The first kappa shape index (κ1) is 25.3. The van der Waals surface area contributed by atoms with E-state index in [4.69, 9.17) is 26.1 Å². The lowest BCUT2D eigenvalue weighted by atomic mass is 9.72. The maximum Gasteiger partial charge on any atom is 0.260 e. The summed E-state index contributed by atoms with van der Waals surface area (Å²) in [5.74, 6) is 2.26. The van der Waals surface area contributed by atoms with Crippen molar-refractivity contribution in [2.24, 2.45) is 11.3 Å². The van der Waals surface area contributed by atoms with Crippen LogP contribution in [0.2, 0.25) is 5.02 Å². The number of hydrogen-bond acceptors (Lipinski definition) is 5. The summed E-state index contributed by atoms with van der Waals surface area (Å²) in [5, 5.41) is 1.43. The number of nitrogens with one attached hydrogen (secondary N) is 1. The first-order valence-corrected chi connectivity index (χ1v) is 13.9. The second kappa shape index (κ2) is 9.84. The van der Waals surface area contributed by atoms with E-state index in [2.05, 4.69) is 41.7 Å². The van der Waals surface area contributed by atoms with Crippen molar-refractivity contribution in [3.05, 3.63) is 72.3 Å². The Morgan fingerprint density at radius 2 is 1.97 bits per heavy atom. The predicted octanol–water partition coefficient (Wildman–Crippen LogP) is 7.81. The highest BCUT2D eigenvalue weighted by Gasteiger charge is 2.31. The van der Waals surface area contributed by atoms with Crippen molar-refractivity contribution in [3.63, 3.8) is 0 Å². The summed E-state index contributed by atoms with van der Waals surface area (Å²) < 4.78 is 12.4. The molecule has 1 aliphatic carbocycles. The Bertz CT molecular complexity index is 1490. The lowest BCUT2D eigenvalue weighted by Gasteiger charge is -2.33. The Morgan fingerprint density at radius 1 is 1.22 bits per heavy atom. The van der Waals surface area contributed by atoms with Crippen molar-refractivity contribution in [2.45, 2.75) is 46.6 Å². The van der Waals surface area contributed by atoms with Gasteiger partial charge in [-0.3, -0.25) is 4.79 Å². The van der Waals surface area contributed by atoms with Gasteiger partial charge in [-0.25, -0.2) is 4.98 Å². The van der Waals surface area contributed by atoms with Gasteiger partial charge in [0, 0.05) is 15.5 Å². The van der Waals surface area contributed by atoms with E-state index in [1.54, 1.807) is 18.4 Å². The van der Waals surface area contributed by atoms with Crippen LogP contribution in [0.25, 0.3) is 21.6 Å². The van der Waals surface area contributed by atoms with Crippen molar-refractivity contribution >= 4 is 49.1 Å². The fraction of sp³-hybridized carbons (Fsp3) is 0.357. The third kappa shape index (κ3) is 4.93. The molecule has 0 saturated carbocycles. The third-order valence-electron chi connectivity index (χ3n) is 6.94. The number of aromatic amines is 1. The lowest BCUT2D eigenvalue weighted by molar-refractivity contribution is 0.218. The highest BCUT2D eigenvalue weighted by molar-refractivity contribution is 9.10. The minimum atomic E-state index is -0.0835. The number of ether oxygens (including phenoxy) is 2. The standard InChI is InChI=1S/C28H28BrClN2O3S/c1-28(2,3)17-7-10-19-22(13-17)36-27-23(19)26(33)31-25(32-27)16-11-20(29)24(21(12-16)34-4)35-14-15-5-8-18(30)9-6-15/h5-6,8-9,11-12,17H,7,10,13-14H2,1-4H3,(H,31,32,33)/t17-/m0/s1. The van der Waals surface area contributed by atoms with Crippen molar-refractivity contribution in [1.82, 2.24) is 9.97 Å². The summed E-state index contributed by atoms with van der Waals surface area (Å²) in [6, 6.07) is 11.2. The molecule has 0 bridgehead atoms. The number of thiophene rings is 1. The van der Waals surface area contributed by atoms with Gasteiger partial charge >= 0.3 is 0 Å². The largest absolute Gasteiger partial charge is 0.493 e. The molecule has 2 heterocycles. The quantitative estimate of drug-likeness (QED) is 0.259. The number of fused-ring (bicyclic) bond motifs is 3. The van der Waals surface area contributed by atoms with Crippen molar-refractivity contribution in [1.29, 1.82) is 0 Å². The molecular weight excluding hydrogens is 560 g/mol. The average molecular weight is 588 g/mol. The molecule has 2 aromatic carbocycles. The molecule has 1 atom stereocenters. The summed E-state index contributed by atoms with van der Waals surface area (Å²) in [6.07, 6.45) is 3.04. The van der Waals surface area contributed by atoms with Gasteiger partial charge in [0.15, 0.2) is 11.5 Å². The summed E-state index contributed by atoms with van der Waals surface area (Å²) in [7, 11) is 1.60. The zero-order chi connectivity index (χ0) is 25.6. The van der Waals surface area contributed by atoms with Crippen LogP contribution in [0, 0.1) is 11.3 Å². The smallest absolute Gasteiger partial charge is 0.260 e. The summed E-state index contributed by atoms with van der Waals surface area (Å²) >= 11 is 11.3. The fourth-order valence-corrected chi connectivity index (χ4v) is 6.78. The number of methoxy groups -OCH3 is 1. The Balaban J connectivity index is 1.48.